The second kappa shape index (κ2) is 12.4. The number of phenols is 1. The third kappa shape index (κ3) is 9.45. The van der Waals surface area contributed by atoms with Crippen molar-refractivity contribution < 1.29 is 24.2 Å². The van der Waals surface area contributed by atoms with Gasteiger partial charge in [0.15, 0.2) is 0 Å². The first-order chi connectivity index (χ1) is 12.8. The van der Waals surface area contributed by atoms with Crippen LogP contribution in [0.15, 0.2) is 18.2 Å². The van der Waals surface area contributed by atoms with Crippen molar-refractivity contribution in [1.82, 2.24) is 0 Å². The summed E-state index contributed by atoms with van der Waals surface area (Å²) in [6.45, 7) is 9.27. The molecule has 0 fully saturated rings. The van der Waals surface area contributed by atoms with E-state index in [9.17, 15) is 14.7 Å². The molecule has 0 aliphatic rings. The Morgan fingerprint density at radius 1 is 0.852 bits per heavy atom. The second-order valence-corrected chi connectivity index (χ2v) is 7.78. The van der Waals surface area contributed by atoms with Gasteiger partial charge in [-0.15, -0.1) is 0 Å². The maximum Gasteiger partial charge on any atom is 0.341 e. The fourth-order valence-corrected chi connectivity index (χ4v) is 2.63. The number of ether oxygens (including phenoxy) is 2. The molecule has 27 heavy (non-hydrogen) atoms. The lowest BCUT2D eigenvalue weighted by atomic mass is 10.1. The van der Waals surface area contributed by atoms with Gasteiger partial charge in [0.25, 0.3) is 0 Å². The summed E-state index contributed by atoms with van der Waals surface area (Å²) in [4.78, 5) is 24.3. The van der Waals surface area contributed by atoms with Gasteiger partial charge in [0.1, 0.15) is 11.3 Å². The van der Waals surface area contributed by atoms with Crippen molar-refractivity contribution in [2.24, 2.45) is 11.8 Å². The zero-order valence-electron chi connectivity index (χ0n) is 17.1. The van der Waals surface area contributed by atoms with Gasteiger partial charge in [-0.05, 0) is 55.7 Å². The molecule has 5 nitrogen and oxygen atoms in total. The molecule has 0 unspecified atom stereocenters. The summed E-state index contributed by atoms with van der Waals surface area (Å²) < 4.78 is 10.5. The molecule has 5 heteroatoms. The van der Waals surface area contributed by atoms with Crippen LogP contribution in [0.1, 0.15) is 86.9 Å². The molecule has 0 aliphatic heterocycles. The Balaban J connectivity index is 2.50. The highest BCUT2D eigenvalue weighted by molar-refractivity contribution is 5.97. The molecule has 0 bridgehead atoms. The quantitative estimate of drug-likeness (QED) is 0.391. The Labute approximate surface area is 163 Å². The van der Waals surface area contributed by atoms with E-state index in [0.29, 0.717) is 25.0 Å². The van der Waals surface area contributed by atoms with Gasteiger partial charge in [0.05, 0.1) is 18.8 Å². The number of carbonyl (C=O) groups is 2. The first kappa shape index (κ1) is 23.0. The molecule has 0 aromatic heterocycles. The van der Waals surface area contributed by atoms with Crippen LogP contribution in [-0.4, -0.2) is 30.3 Å². The van der Waals surface area contributed by atoms with Crippen molar-refractivity contribution in [2.45, 2.75) is 66.2 Å². The molecular weight excluding hydrogens is 344 g/mol. The summed E-state index contributed by atoms with van der Waals surface area (Å²) in [6, 6.07) is 4.11. The van der Waals surface area contributed by atoms with E-state index in [0.717, 1.165) is 38.5 Å². The lowest BCUT2D eigenvalue weighted by Crippen LogP contribution is -2.11. The molecule has 1 rings (SSSR count). The Hall–Kier alpha value is -2.04. The standard InChI is InChI=1S/C22H34O5/c1-16(2)9-5-7-13-26-21(24)18-11-12-20(23)19(15-18)22(25)27-14-8-6-10-17(3)4/h11-12,15-17,23H,5-10,13-14H2,1-4H3. The number of esters is 2. The fraction of sp³-hybridized carbons (Fsp3) is 0.636. The number of benzene rings is 1. The van der Waals surface area contributed by atoms with Crippen molar-refractivity contribution >= 4 is 11.9 Å². The van der Waals surface area contributed by atoms with E-state index < -0.39 is 11.9 Å². The topological polar surface area (TPSA) is 72.8 Å². The van der Waals surface area contributed by atoms with Gasteiger partial charge < -0.3 is 14.6 Å². The molecule has 0 spiro atoms. The summed E-state index contributed by atoms with van der Waals surface area (Å²) in [5, 5.41) is 9.91. The molecule has 0 saturated heterocycles. The van der Waals surface area contributed by atoms with E-state index in [4.69, 9.17) is 9.47 Å². The SMILES string of the molecule is CC(C)CCCCOC(=O)c1ccc(O)c(C(=O)OCCCCC(C)C)c1. The predicted octanol–water partition coefficient (Wildman–Crippen LogP) is 5.36. The highest BCUT2D eigenvalue weighted by Gasteiger charge is 2.17. The van der Waals surface area contributed by atoms with E-state index in [2.05, 4.69) is 27.7 Å². The number of rotatable bonds is 12. The first-order valence-electron chi connectivity index (χ1n) is 9.98. The molecule has 1 aromatic rings. The summed E-state index contributed by atoms with van der Waals surface area (Å²) in [5.74, 6) is -0.0561. The number of hydrogen-bond acceptors (Lipinski definition) is 5. The van der Waals surface area contributed by atoms with E-state index in [-0.39, 0.29) is 16.9 Å². The minimum Gasteiger partial charge on any atom is -0.507 e. The molecule has 0 saturated carbocycles. The predicted molar refractivity (Wildman–Crippen MR) is 106 cm³/mol. The maximum atomic E-state index is 12.2. The van der Waals surface area contributed by atoms with Crippen LogP contribution in [-0.2, 0) is 9.47 Å². The number of phenolic OH excluding ortho intramolecular Hbond substituents is 1. The van der Waals surface area contributed by atoms with E-state index >= 15 is 0 Å². The summed E-state index contributed by atoms with van der Waals surface area (Å²) in [7, 11) is 0. The van der Waals surface area contributed by atoms with Crippen LogP contribution in [0, 0.1) is 11.8 Å². The van der Waals surface area contributed by atoms with Gasteiger partial charge in [0.2, 0.25) is 0 Å². The monoisotopic (exact) mass is 378 g/mol. The van der Waals surface area contributed by atoms with E-state index in [1.54, 1.807) is 0 Å². The third-order valence-corrected chi connectivity index (χ3v) is 4.27. The molecule has 0 aliphatic carbocycles. The first-order valence-corrected chi connectivity index (χ1v) is 9.98. The van der Waals surface area contributed by atoms with Crippen molar-refractivity contribution in [3.63, 3.8) is 0 Å². The summed E-state index contributed by atoms with van der Waals surface area (Å²) >= 11 is 0. The van der Waals surface area contributed by atoms with E-state index in [1.165, 1.54) is 18.2 Å². The van der Waals surface area contributed by atoms with Gasteiger partial charge >= 0.3 is 11.9 Å². The Kier molecular flexibility index (Phi) is 10.5. The number of carbonyl (C=O) groups excluding carboxylic acids is 2. The van der Waals surface area contributed by atoms with Gasteiger partial charge in [-0.2, -0.15) is 0 Å². The Morgan fingerprint density at radius 3 is 1.89 bits per heavy atom. The highest BCUT2D eigenvalue weighted by atomic mass is 16.5. The van der Waals surface area contributed by atoms with Crippen LogP contribution in [0.5, 0.6) is 5.75 Å². The molecule has 1 aromatic carbocycles. The minimum atomic E-state index is -0.622. The van der Waals surface area contributed by atoms with Crippen LogP contribution in [0.2, 0.25) is 0 Å². The zero-order chi connectivity index (χ0) is 20.2. The molecule has 152 valence electrons. The lowest BCUT2D eigenvalue weighted by Gasteiger charge is -2.09. The average Bonchev–Trinajstić information content (AvgIpc) is 2.60. The second-order valence-electron chi connectivity index (χ2n) is 7.78. The highest BCUT2D eigenvalue weighted by Crippen LogP contribution is 2.20. The Bertz CT molecular complexity index is 592. The number of unbranched alkanes of at least 4 members (excludes halogenated alkanes) is 2. The molecule has 0 amide bonds. The number of hydrogen-bond donors (Lipinski definition) is 1. The van der Waals surface area contributed by atoms with Crippen molar-refractivity contribution in [2.75, 3.05) is 13.2 Å². The van der Waals surface area contributed by atoms with Gasteiger partial charge in [-0.1, -0.05) is 40.5 Å². The van der Waals surface area contributed by atoms with Crippen LogP contribution < -0.4 is 0 Å². The van der Waals surface area contributed by atoms with Gasteiger partial charge in [-0.25, -0.2) is 9.59 Å². The smallest absolute Gasteiger partial charge is 0.341 e. The summed E-state index contributed by atoms with van der Waals surface area (Å²) in [5.41, 5.74) is 0.233. The van der Waals surface area contributed by atoms with Crippen molar-refractivity contribution in [3.8, 4) is 5.75 Å². The third-order valence-electron chi connectivity index (χ3n) is 4.27. The molecule has 0 heterocycles. The van der Waals surface area contributed by atoms with Crippen LogP contribution >= 0.6 is 0 Å². The van der Waals surface area contributed by atoms with Crippen LogP contribution in [0.4, 0.5) is 0 Å². The minimum absolute atomic E-state index is 0.00637. The number of aromatic hydroxyl groups is 1. The molecule has 0 radical (unpaired) electrons. The fourth-order valence-electron chi connectivity index (χ4n) is 2.63. The lowest BCUT2D eigenvalue weighted by molar-refractivity contribution is 0.0493. The van der Waals surface area contributed by atoms with E-state index in [1.807, 2.05) is 0 Å². The van der Waals surface area contributed by atoms with Crippen LogP contribution in [0.3, 0.4) is 0 Å². The normalized spacial score (nSPS) is 11.0. The Morgan fingerprint density at radius 2 is 1.37 bits per heavy atom. The molecule has 0 atom stereocenters. The average molecular weight is 379 g/mol. The zero-order valence-corrected chi connectivity index (χ0v) is 17.1. The van der Waals surface area contributed by atoms with Gasteiger partial charge in [0, 0.05) is 0 Å². The largest absolute Gasteiger partial charge is 0.507 e. The van der Waals surface area contributed by atoms with Crippen molar-refractivity contribution in [1.29, 1.82) is 0 Å². The van der Waals surface area contributed by atoms with Gasteiger partial charge in [-0.3, -0.25) is 0 Å². The van der Waals surface area contributed by atoms with Crippen molar-refractivity contribution in [3.05, 3.63) is 29.3 Å². The van der Waals surface area contributed by atoms with Crippen LogP contribution in [0.25, 0.3) is 0 Å². The maximum absolute atomic E-state index is 12.2. The molecular formula is C22H34O5. The molecule has 1 N–H and O–H groups in total. The summed E-state index contributed by atoms with van der Waals surface area (Å²) in [6.07, 6.45) is 5.77.